The summed E-state index contributed by atoms with van der Waals surface area (Å²) in [6.07, 6.45) is 1.80. The molecule has 11 heteroatoms. The van der Waals surface area contributed by atoms with Crippen molar-refractivity contribution in [3.63, 3.8) is 0 Å². The molecular formula is C8H13BN2O6S2. The Morgan fingerprint density at radius 3 is 1.84 bits per heavy atom. The maximum Gasteiger partial charge on any atom is 0.488 e. The number of benzene rings is 1. The van der Waals surface area contributed by atoms with E-state index in [0.29, 0.717) is 0 Å². The van der Waals surface area contributed by atoms with Gasteiger partial charge in [0, 0.05) is 0 Å². The monoisotopic (exact) mass is 308 g/mol. The van der Waals surface area contributed by atoms with Crippen molar-refractivity contribution in [1.29, 1.82) is 0 Å². The Labute approximate surface area is 111 Å². The largest absolute Gasteiger partial charge is 0.488 e. The smallest absolute Gasteiger partial charge is 0.423 e. The number of rotatable bonds is 5. The van der Waals surface area contributed by atoms with Gasteiger partial charge in [-0.15, -0.1) is 0 Å². The summed E-state index contributed by atoms with van der Waals surface area (Å²) < 4.78 is 48.9. The molecule has 0 aliphatic carbocycles. The van der Waals surface area contributed by atoms with E-state index in [-0.39, 0.29) is 16.8 Å². The number of hydrogen-bond acceptors (Lipinski definition) is 6. The molecule has 0 atom stereocenters. The second kappa shape index (κ2) is 5.37. The van der Waals surface area contributed by atoms with Crippen LogP contribution >= 0.6 is 0 Å². The Balaban J connectivity index is 3.30. The molecule has 0 saturated carbocycles. The minimum absolute atomic E-state index is 0.0164. The average Bonchev–Trinajstić information content (AvgIpc) is 2.15. The molecule has 8 nitrogen and oxygen atoms in total. The van der Waals surface area contributed by atoms with E-state index in [2.05, 4.69) is 9.44 Å². The molecule has 1 aromatic carbocycles. The second-order valence-corrected chi connectivity index (χ2v) is 7.42. The fourth-order valence-corrected chi connectivity index (χ4v) is 2.44. The quantitative estimate of drug-likeness (QED) is 0.470. The first-order valence-electron chi connectivity index (χ1n) is 4.93. The summed E-state index contributed by atoms with van der Waals surface area (Å²) >= 11 is 0. The summed E-state index contributed by atoms with van der Waals surface area (Å²) in [5, 5.41) is 18.0. The van der Waals surface area contributed by atoms with Crippen LogP contribution in [0.5, 0.6) is 0 Å². The van der Waals surface area contributed by atoms with E-state index in [1.807, 2.05) is 0 Å². The van der Waals surface area contributed by atoms with Gasteiger partial charge in [-0.3, -0.25) is 9.44 Å². The zero-order valence-corrected chi connectivity index (χ0v) is 11.8. The van der Waals surface area contributed by atoms with Crippen molar-refractivity contribution in [3.05, 3.63) is 18.2 Å². The van der Waals surface area contributed by atoms with Crippen molar-refractivity contribution in [2.75, 3.05) is 22.0 Å². The summed E-state index contributed by atoms with van der Waals surface area (Å²) in [4.78, 5) is 0. The third kappa shape index (κ3) is 5.47. The molecule has 0 aliphatic rings. The van der Waals surface area contributed by atoms with Gasteiger partial charge in [0.25, 0.3) is 0 Å². The van der Waals surface area contributed by atoms with Gasteiger partial charge in [-0.25, -0.2) is 16.8 Å². The Morgan fingerprint density at radius 1 is 0.947 bits per heavy atom. The molecule has 0 amide bonds. The van der Waals surface area contributed by atoms with Crippen LogP contribution in [-0.2, 0) is 20.0 Å². The molecule has 19 heavy (non-hydrogen) atoms. The molecule has 1 rings (SSSR count). The lowest BCUT2D eigenvalue weighted by Gasteiger charge is -2.13. The predicted octanol–water partition coefficient (Wildman–Crippen LogP) is -1.89. The lowest BCUT2D eigenvalue weighted by molar-refractivity contribution is 0.426. The van der Waals surface area contributed by atoms with Crippen LogP contribution in [0, 0.1) is 0 Å². The molecule has 0 heterocycles. The van der Waals surface area contributed by atoms with Crippen LogP contribution in [0.25, 0.3) is 0 Å². The second-order valence-electron chi connectivity index (χ2n) is 3.93. The maximum absolute atomic E-state index is 11.2. The molecule has 0 radical (unpaired) electrons. The molecule has 1 aromatic rings. The van der Waals surface area contributed by atoms with Gasteiger partial charge in [0.05, 0.1) is 23.9 Å². The van der Waals surface area contributed by atoms with Gasteiger partial charge in [0.2, 0.25) is 20.0 Å². The summed E-state index contributed by atoms with van der Waals surface area (Å²) in [5.41, 5.74) is -0.0962. The minimum Gasteiger partial charge on any atom is -0.423 e. The van der Waals surface area contributed by atoms with Crippen LogP contribution in [0.3, 0.4) is 0 Å². The lowest BCUT2D eigenvalue weighted by atomic mass is 9.80. The SMILES string of the molecule is CS(=O)(=O)Nc1ccc(B(O)O)cc1NS(C)(=O)=O. The van der Waals surface area contributed by atoms with E-state index < -0.39 is 27.2 Å². The van der Waals surface area contributed by atoms with E-state index in [4.69, 9.17) is 10.0 Å². The molecular weight excluding hydrogens is 295 g/mol. The first-order chi connectivity index (χ1) is 8.48. The minimum atomic E-state index is -3.65. The molecule has 106 valence electrons. The van der Waals surface area contributed by atoms with Gasteiger partial charge in [-0.2, -0.15) is 0 Å². The van der Waals surface area contributed by atoms with Crippen LogP contribution in [0.2, 0.25) is 0 Å². The molecule has 0 bridgehead atoms. The van der Waals surface area contributed by atoms with Gasteiger partial charge < -0.3 is 10.0 Å². The Bertz CT molecular complexity index is 670. The van der Waals surface area contributed by atoms with E-state index in [9.17, 15) is 16.8 Å². The number of sulfonamides is 2. The highest BCUT2D eigenvalue weighted by Crippen LogP contribution is 2.22. The highest BCUT2D eigenvalue weighted by Gasteiger charge is 2.16. The highest BCUT2D eigenvalue weighted by atomic mass is 32.2. The maximum atomic E-state index is 11.2. The van der Waals surface area contributed by atoms with Crippen LogP contribution < -0.4 is 14.9 Å². The van der Waals surface area contributed by atoms with Gasteiger partial charge in [0.15, 0.2) is 0 Å². The zero-order valence-electron chi connectivity index (χ0n) is 10.2. The van der Waals surface area contributed by atoms with Crippen LogP contribution in [0.15, 0.2) is 18.2 Å². The first kappa shape index (κ1) is 15.8. The van der Waals surface area contributed by atoms with E-state index in [1.165, 1.54) is 12.1 Å². The van der Waals surface area contributed by atoms with Gasteiger partial charge in [-0.05, 0) is 17.6 Å². The number of anilines is 2. The Morgan fingerprint density at radius 2 is 1.42 bits per heavy atom. The zero-order chi connectivity index (χ0) is 14.8. The van der Waals surface area contributed by atoms with E-state index in [0.717, 1.165) is 18.6 Å². The molecule has 0 unspecified atom stereocenters. The Kier molecular flexibility index (Phi) is 4.45. The topological polar surface area (TPSA) is 133 Å². The van der Waals surface area contributed by atoms with Gasteiger partial charge in [0.1, 0.15) is 0 Å². The van der Waals surface area contributed by atoms with Crippen LogP contribution in [0.1, 0.15) is 0 Å². The molecule has 0 fully saturated rings. The Hall–Kier alpha value is -1.30. The summed E-state index contributed by atoms with van der Waals surface area (Å²) in [6.45, 7) is 0. The lowest BCUT2D eigenvalue weighted by Crippen LogP contribution is -2.30. The summed E-state index contributed by atoms with van der Waals surface area (Å²) in [7, 11) is -9.04. The third-order valence-corrected chi connectivity index (χ3v) is 3.11. The summed E-state index contributed by atoms with van der Waals surface area (Å²) in [5.74, 6) is 0. The van der Waals surface area contributed by atoms with E-state index in [1.54, 1.807) is 0 Å². The molecule has 0 aromatic heterocycles. The summed E-state index contributed by atoms with van der Waals surface area (Å²) in [6, 6.07) is 3.61. The normalized spacial score (nSPS) is 12.0. The van der Waals surface area contributed by atoms with Crippen molar-refractivity contribution in [2.45, 2.75) is 0 Å². The molecule has 4 N–H and O–H groups in total. The van der Waals surface area contributed by atoms with Crippen molar-refractivity contribution < 1.29 is 26.9 Å². The van der Waals surface area contributed by atoms with Crippen molar-refractivity contribution in [2.24, 2.45) is 0 Å². The van der Waals surface area contributed by atoms with Crippen molar-refractivity contribution >= 4 is 44.0 Å². The van der Waals surface area contributed by atoms with Crippen molar-refractivity contribution in [3.8, 4) is 0 Å². The number of hydrogen-bond donors (Lipinski definition) is 4. The third-order valence-electron chi connectivity index (χ3n) is 1.93. The standard InChI is InChI=1S/C8H13BN2O6S2/c1-18(14,15)10-7-4-3-6(9(12)13)5-8(7)11-19(2,16)17/h3-5,10-13H,1-2H3. The fraction of sp³-hybridized carbons (Fsp3) is 0.250. The molecule has 0 spiro atoms. The highest BCUT2D eigenvalue weighted by molar-refractivity contribution is 7.92. The van der Waals surface area contributed by atoms with Crippen LogP contribution in [-0.4, -0.2) is 46.5 Å². The van der Waals surface area contributed by atoms with E-state index >= 15 is 0 Å². The predicted molar refractivity (Wildman–Crippen MR) is 73.2 cm³/mol. The van der Waals surface area contributed by atoms with Crippen LogP contribution in [0.4, 0.5) is 11.4 Å². The van der Waals surface area contributed by atoms with Crippen molar-refractivity contribution in [1.82, 2.24) is 0 Å². The average molecular weight is 308 g/mol. The fourth-order valence-electron chi connectivity index (χ4n) is 1.30. The molecule has 0 aliphatic heterocycles. The van der Waals surface area contributed by atoms with Gasteiger partial charge in [-0.1, -0.05) is 6.07 Å². The number of nitrogens with one attached hydrogen (secondary N) is 2. The first-order valence-corrected chi connectivity index (χ1v) is 8.72. The molecule has 0 saturated heterocycles. The van der Waals surface area contributed by atoms with Gasteiger partial charge >= 0.3 is 7.12 Å².